The van der Waals surface area contributed by atoms with Crippen LogP contribution in [0.2, 0.25) is 5.02 Å². The maximum atomic E-state index is 5.76. The average molecular weight is 267 g/mol. The van der Waals surface area contributed by atoms with Gasteiger partial charge in [0.25, 0.3) is 0 Å². The molecule has 0 aromatic heterocycles. The van der Waals surface area contributed by atoms with Gasteiger partial charge in [-0.05, 0) is 47.2 Å². The van der Waals surface area contributed by atoms with Crippen LogP contribution in [-0.4, -0.2) is 0 Å². The quantitative estimate of drug-likeness (QED) is 0.568. The van der Waals surface area contributed by atoms with Gasteiger partial charge in [-0.25, -0.2) is 0 Å². The molecule has 0 aliphatic rings. The first-order chi connectivity index (χ1) is 4.61. The van der Waals surface area contributed by atoms with E-state index in [0.717, 1.165) is 3.57 Å². The molecule has 1 nitrogen and oxygen atoms in total. The minimum absolute atomic E-state index is 0.634. The lowest BCUT2D eigenvalue weighted by molar-refractivity contribution is 1.43. The van der Waals surface area contributed by atoms with Gasteiger partial charge in [-0.15, -0.1) is 0 Å². The third kappa shape index (κ3) is 1.55. The lowest BCUT2D eigenvalue weighted by atomic mass is 10.2. The average Bonchev–Trinajstić information content (AvgIpc) is 1.84. The minimum Gasteiger partial charge on any atom is -0.398 e. The van der Waals surface area contributed by atoms with Crippen molar-refractivity contribution in [2.24, 2.45) is 0 Å². The first-order valence-electron chi connectivity index (χ1n) is 2.82. The van der Waals surface area contributed by atoms with Gasteiger partial charge < -0.3 is 5.73 Å². The zero-order valence-corrected chi connectivity index (χ0v) is 8.40. The SMILES string of the molecule is Cc1cc(N)c(Cl)cc1I. The van der Waals surface area contributed by atoms with E-state index >= 15 is 0 Å². The van der Waals surface area contributed by atoms with Gasteiger partial charge in [0.15, 0.2) is 0 Å². The molecule has 0 unspecified atom stereocenters. The standard InChI is InChI=1S/C7H7ClIN/c1-4-2-7(10)5(8)3-6(4)9/h2-3H,10H2,1H3. The fraction of sp³-hybridized carbons (Fsp3) is 0.143. The van der Waals surface area contributed by atoms with Crippen molar-refractivity contribution >= 4 is 39.9 Å². The molecule has 0 saturated carbocycles. The monoisotopic (exact) mass is 267 g/mol. The van der Waals surface area contributed by atoms with Crippen LogP contribution in [0.25, 0.3) is 0 Å². The van der Waals surface area contributed by atoms with Crippen LogP contribution in [0.5, 0.6) is 0 Å². The molecule has 0 aliphatic carbocycles. The lowest BCUT2D eigenvalue weighted by Crippen LogP contribution is -1.89. The van der Waals surface area contributed by atoms with E-state index in [1.807, 2.05) is 19.1 Å². The van der Waals surface area contributed by atoms with Crippen molar-refractivity contribution < 1.29 is 0 Å². The molecule has 54 valence electrons. The minimum atomic E-state index is 0.634. The van der Waals surface area contributed by atoms with Gasteiger partial charge in [0.2, 0.25) is 0 Å². The summed E-state index contributed by atoms with van der Waals surface area (Å²) in [7, 11) is 0. The van der Waals surface area contributed by atoms with Crippen molar-refractivity contribution in [1.29, 1.82) is 0 Å². The molecular weight excluding hydrogens is 260 g/mol. The van der Waals surface area contributed by atoms with E-state index < -0.39 is 0 Å². The second-order valence-electron chi connectivity index (χ2n) is 2.12. The van der Waals surface area contributed by atoms with Crippen LogP contribution in [0.15, 0.2) is 12.1 Å². The molecule has 0 spiro atoms. The van der Waals surface area contributed by atoms with Crippen LogP contribution in [0.4, 0.5) is 5.69 Å². The zero-order chi connectivity index (χ0) is 7.72. The Kier molecular flexibility index (Phi) is 2.41. The highest BCUT2D eigenvalue weighted by molar-refractivity contribution is 14.1. The molecule has 0 radical (unpaired) electrons. The summed E-state index contributed by atoms with van der Waals surface area (Å²) in [6.45, 7) is 2.01. The Morgan fingerprint density at radius 2 is 2.10 bits per heavy atom. The summed E-state index contributed by atoms with van der Waals surface area (Å²) in [6, 6.07) is 3.75. The fourth-order valence-electron chi connectivity index (χ4n) is 0.680. The van der Waals surface area contributed by atoms with Gasteiger partial charge in [0, 0.05) is 3.57 Å². The molecule has 0 saturated heterocycles. The van der Waals surface area contributed by atoms with E-state index in [1.165, 1.54) is 5.56 Å². The molecule has 0 amide bonds. The highest BCUT2D eigenvalue weighted by Gasteiger charge is 1.98. The number of hydrogen-bond acceptors (Lipinski definition) is 1. The molecule has 0 heterocycles. The van der Waals surface area contributed by atoms with Crippen molar-refractivity contribution in [2.45, 2.75) is 6.92 Å². The van der Waals surface area contributed by atoms with Crippen molar-refractivity contribution in [1.82, 2.24) is 0 Å². The Labute approximate surface area is 78.7 Å². The summed E-state index contributed by atoms with van der Waals surface area (Å²) < 4.78 is 1.15. The summed E-state index contributed by atoms with van der Waals surface area (Å²) in [5, 5.41) is 0.634. The molecular formula is C7H7ClIN. The molecule has 0 atom stereocenters. The normalized spacial score (nSPS) is 9.90. The summed E-state index contributed by atoms with van der Waals surface area (Å²) >= 11 is 7.98. The summed E-state index contributed by atoms with van der Waals surface area (Å²) in [6.07, 6.45) is 0. The van der Waals surface area contributed by atoms with E-state index in [-0.39, 0.29) is 0 Å². The van der Waals surface area contributed by atoms with Crippen LogP contribution in [0.3, 0.4) is 0 Å². The molecule has 0 bridgehead atoms. The smallest absolute Gasteiger partial charge is 0.0646 e. The number of halogens is 2. The third-order valence-corrected chi connectivity index (χ3v) is 2.77. The number of nitrogens with two attached hydrogens (primary N) is 1. The van der Waals surface area contributed by atoms with E-state index in [0.29, 0.717) is 10.7 Å². The molecule has 1 aromatic rings. The predicted octanol–water partition coefficient (Wildman–Crippen LogP) is 2.84. The van der Waals surface area contributed by atoms with Gasteiger partial charge >= 0.3 is 0 Å². The second kappa shape index (κ2) is 2.96. The number of anilines is 1. The number of nitrogen functional groups attached to an aromatic ring is 1. The van der Waals surface area contributed by atoms with Crippen LogP contribution < -0.4 is 5.73 Å². The van der Waals surface area contributed by atoms with Crippen molar-refractivity contribution in [3.05, 3.63) is 26.3 Å². The van der Waals surface area contributed by atoms with Gasteiger partial charge in [0.1, 0.15) is 0 Å². The summed E-state index contributed by atoms with van der Waals surface area (Å²) in [4.78, 5) is 0. The highest BCUT2D eigenvalue weighted by atomic mass is 127. The van der Waals surface area contributed by atoms with Crippen LogP contribution >= 0.6 is 34.2 Å². The summed E-state index contributed by atoms with van der Waals surface area (Å²) in [5.41, 5.74) is 7.38. The van der Waals surface area contributed by atoms with E-state index in [2.05, 4.69) is 22.6 Å². The van der Waals surface area contributed by atoms with Crippen molar-refractivity contribution in [3.8, 4) is 0 Å². The molecule has 1 aromatic carbocycles. The van der Waals surface area contributed by atoms with E-state index in [9.17, 15) is 0 Å². The maximum Gasteiger partial charge on any atom is 0.0646 e. The topological polar surface area (TPSA) is 26.0 Å². The molecule has 10 heavy (non-hydrogen) atoms. The molecule has 2 N–H and O–H groups in total. The Morgan fingerprint density at radius 1 is 1.50 bits per heavy atom. The number of benzene rings is 1. The lowest BCUT2D eigenvalue weighted by Gasteiger charge is -2.01. The molecule has 0 fully saturated rings. The molecule has 1 rings (SSSR count). The van der Waals surface area contributed by atoms with E-state index in [1.54, 1.807) is 0 Å². The Hall–Kier alpha value is 0.0400. The van der Waals surface area contributed by atoms with E-state index in [4.69, 9.17) is 17.3 Å². The van der Waals surface area contributed by atoms with Gasteiger partial charge in [0.05, 0.1) is 10.7 Å². The van der Waals surface area contributed by atoms with Crippen LogP contribution in [0.1, 0.15) is 5.56 Å². The van der Waals surface area contributed by atoms with Crippen molar-refractivity contribution in [2.75, 3.05) is 5.73 Å². The Morgan fingerprint density at radius 3 is 2.60 bits per heavy atom. The summed E-state index contributed by atoms with van der Waals surface area (Å²) in [5.74, 6) is 0. The van der Waals surface area contributed by atoms with Crippen LogP contribution in [-0.2, 0) is 0 Å². The first-order valence-corrected chi connectivity index (χ1v) is 4.28. The predicted molar refractivity (Wildman–Crippen MR) is 53.3 cm³/mol. The Balaban J connectivity index is 3.28. The highest BCUT2D eigenvalue weighted by Crippen LogP contribution is 2.23. The number of rotatable bonds is 0. The third-order valence-electron chi connectivity index (χ3n) is 1.28. The van der Waals surface area contributed by atoms with Gasteiger partial charge in [-0.3, -0.25) is 0 Å². The van der Waals surface area contributed by atoms with Gasteiger partial charge in [-0.2, -0.15) is 0 Å². The maximum absolute atomic E-state index is 5.76. The molecule has 0 aliphatic heterocycles. The number of hydrogen-bond donors (Lipinski definition) is 1. The van der Waals surface area contributed by atoms with Gasteiger partial charge in [-0.1, -0.05) is 11.6 Å². The van der Waals surface area contributed by atoms with Crippen molar-refractivity contribution in [3.63, 3.8) is 0 Å². The zero-order valence-electron chi connectivity index (χ0n) is 5.49. The fourth-order valence-corrected chi connectivity index (χ4v) is 1.49. The number of aryl methyl sites for hydroxylation is 1. The van der Waals surface area contributed by atoms with Crippen LogP contribution in [0, 0.1) is 10.5 Å². The Bertz CT molecular complexity index is 210. The largest absolute Gasteiger partial charge is 0.398 e. The second-order valence-corrected chi connectivity index (χ2v) is 3.69. The first kappa shape index (κ1) is 8.14. The molecule has 3 heteroatoms.